The predicted molar refractivity (Wildman–Crippen MR) is 102 cm³/mol. The van der Waals surface area contributed by atoms with Crippen molar-refractivity contribution in [1.82, 2.24) is 4.31 Å². The van der Waals surface area contributed by atoms with Gasteiger partial charge in [0.2, 0.25) is 10.0 Å². The predicted octanol–water partition coefficient (Wildman–Crippen LogP) is 3.04. The normalized spacial score (nSPS) is 12.7. The highest BCUT2D eigenvalue weighted by molar-refractivity contribution is 7.89. The molecule has 6 nitrogen and oxygen atoms in total. The Morgan fingerprint density at radius 3 is 2.15 bits per heavy atom. The fourth-order valence-electron chi connectivity index (χ4n) is 2.25. The summed E-state index contributed by atoms with van der Waals surface area (Å²) in [6.07, 6.45) is -0.129. The molecule has 2 aromatic carbocycles. The van der Waals surface area contributed by atoms with Crippen molar-refractivity contribution in [2.45, 2.75) is 31.3 Å². The van der Waals surface area contributed by atoms with Crippen molar-refractivity contribution in [3.8, 4) is 5.75 Å². The van der Waals surface area contributed by atoms with Crippen LogP contribution in [0.2, 0.25) is 0 Å². The van der Waals surface area contributed by atoms with Crippen LogP contribution in [0, 0.1) is 6.92 Å². The highest BCUT2D eigenvalue weighted by Gasteiger charge is 2.20. The second kappa shape index (κ2) is 8.33. The molecule has 1 unspecified atom stereocenters. The molecule has 0 aliphatic heterocycles. The Morgan fingerprint density at radius 1 is 1.08 bits per heavy atom. The Hall–Kier alpha value is -2.38. The van der Waals surface area contributed by atoms with Gasteiger partial charge in [-0.05, 0) is 49.7 Å². The van der Waals surface area contributed by atoms with Crippen LogP contribution in [-0.2, 0) is 14.8 Å². The number of ether oxygens (including phenoxy) is 1. The van der Waals surface area contributed by atoms with Crippen LogP contribution in [0.15, 0.2) is 53.4 Å². The van der Waals surface area contributed by atoms with Gasteiger partial charge in [0.15, 0.2) is 6.10 Å². The molecule has 7 heteroatoms. The monoisotopic (exact) mass is 376 g/mol. The van der Waals surface area contributed by atoms with E-state index in [2.05, 4.69) is 5.32 Å². The van der Waals surface area contributed by atoms with E-state index < -0.39 is 16.1 Å². The fourth-order valence-corrected chi connectivity index (χ4v) is 3.15. The van der Waals surface area contributed by atoms with Crippen molar-refractivity contribution in [3.05, 3.63) is 54.1 Å². The number of aryl methyl sites for hydroxylation is 1. The lowest BCUT2D eigenvalue weighted by Gasteiger charge is -2.18. The van der Waals surface area contributed by atoms with Crippen LogP contribution in [-0.4, -0.2) is 38.8 Å². The summed E-state index contributed by atoms with van der Waals surface area (Å²) in [7, 11) is -0.548. The molecule has 2 rings (SSSR count). The number of sulfonamides is 1. The summed E-state index contributed by atoms with van der Waals surface area (Å²) in [6, 6.07) is 13.5. The molecule has 0 aliphatic rings. The number of hydrogen-bond acceptors (Lipinski definition) is 4. The largest absolute Gasteiger partial charge is 0.481 e. The summed E-state index contributed by atoms with van der Waals surface area (Å²) >= 11 is 0. The van der Waals surface area contributed by atoms with Crippen LogP contribution in [0.1, 0.15) is 18.9 Å². The molecule has 0 radical (unpaired) electrons. The quantitative estimate of drug-likeness (QED) is 0.806. The second-order valence-electron chi connectivity index (χ2n) is 6.13. The Balaban J connectivity index is 2.06. The molecule has 140 valence electrons. The summed E-state index contributed by atoms with van der Waals surface area (Å²) in [5, 5.41) is 2.76. The average Bonchev–Trinajstić information content (AvgIpc) is 2.61. The third-order valence-electron chi connectivity index (χ3n) is 3.86. The van der Waals surface area contributed by atoms with E-state index in [1.165, 1.54) is 26.2 Å². The van der Waals surface area contributed by atoms with Crippen LogP contribution in [0.3, 0.4) is 0 Å². The first-order chi connectivity index (χ1) is 12.2. The van der Waals surface area contributed by atoms with Gasteiger partial charge in [-0.15, -0.1) is 0 Å². The van der Waals surface area contributed by atoms with Gasteiger partial charge in [-0.1, -0.05) is 24.6 Å². The van der Waals surface area contributed by atoms with Gasteiger partial charge in [0, 0.05) is 19.8 Å². The zero-order chi connectivity index (χ0) is 19.3. The summed E-state index contributed by atoms with van der Waals surface area (Å²) < 4.78 is 31.0. The number of nitrogens with one attached hydrogen (secondary N) is 1. The second-order valence-corrected chi connectivity index (χ2v) is 8.28. The number of hydrogen-bond donors (Lipinski definition) is 1. The van der Waals surface area contributed by atoms with Crippen LogP contribution in [0.4, 0.5) is 5.69 Å². The van der Waals surface area contributed by atoms with Crippen molar-refractivity contribution in [3.63, 3.8) is 0 Å². The Morgan fingerprint density at radius 2 is 1.65 bits per heavy atom. The Kier molecular flexibility index (Phi) is 6.39. The summed E-state index contributed by atoms with van der Waals surface area (Å²) in [5.41, 5.74) is 1.63. The summed E-state index contributed by atoms with van der Waals surface area (Å²) in [6.45, 7) is 3.85. The standard InChI is InChI=1S/C19H24N2O4S/c1-5-18(25-16-10-6-14(2)7-11-16)19(22)20-15-8-12-17(13-9-15)26(23,24)21(3)4/h6-13,18H,5H2,1-4H3,(H,20,22). The van der Waals surface area contributed by atoms with Gasteiger partial charge < -0.3 is 10.1 Å². The molecular weight excluding hydrogens is 352 g/mol. The van der Waals surface area contributed by atoms with Crippen LogP contribution < -0.4 is 10.1 Å². The minimum Gasteiger partial charge on any atom is -0.481 e. The molecule has 0 heterocycles. The minimum absolute atomic E-state index is 0.170. The summed E-state index contributed by atoms with van der Waals surface area (Å²) in [5.74, 6) is 0.348. The molecule has 0 aliphatic carbocycles. The molecule has 0 saturated carbocycles. The van der Waals surface area contributed by atoms with Gasteiger partial charge in [0.05, 0.1) is 4.90 Å². The van der Waals surface area contributed by atoms with Crippen LogP contribution >= 0.6 is 0 Å². The molecule has 0 fully saturated rings. The highest BCUT2D eigenvalue weighted by Crippen LogP contribution is 2.18. The lowest BCUT2D eigenvalue weighted by molar-refractivity contribution is -0.122. The molecule has 0 spiro atoms. The lowest BCUT2D eigenvalue weighted by Crippen LogP contribution is -2.32. The molecule has 1 atom stereocenters. The molecule has 1 amide bonds. The molecule has 0 aromatic heterocycles. The topological polar surface area (TPSA) is 75.7 Å². The van der Waals surface area contributed by atoms with Gasteiger partial charge in [0.1, 0.15) is 5.75 Å². The van der Waals surface area contributed by atoms with Gasteiger partial charge in [-0.2, -0.15) is 0 Å². The van der Waals surface area contributed by atoms with Crippen molar-refractivity contribution in [2.75, 3.05) is 19.4 Å². The molecular formula is C19H24N2O4S. The van der Waals surface area contributed by atoms with E-state index in [9.17, 15) is 13.2 Å². The van der Waals surface area contributed by atoms with E-state index >= 15 is 0 Å². The van der Waals surface area contributed by atoms with E-state index in [4.69, 9.17) is 4.74 Å². The first kappa shape index (κ1) is 19.9. The van der Waals surface area contributed by atoms with Crippen molar-refractivity contribution in [2.24, 2.45) is 0 Å². The lowest BCUT2D eigenvalue weighted by atomic mass is 10.2. The third-order valence-corrected chi connectivity index (χ3v) is 5.69. The van der Waals surface area contributed by atoms with Crippen molar-refractivity contribution < 1.29 is 17.9 Å². The molecule has 1 N–H and O–H groups in total. The number of carbonyl (C=O) groups excluding carboxylic acids is 1. The molecule has 2 aromatic rings. The van der Waals surface area contributed by atoms with Gasteiger partial charge in [-0.25, -0.2) is 12.7 Å². The van der Waals surface area contributed by atoms with Gasteiger partial charge in [-0.3, -0.25) is 4.79 Å². The van der Waals surface area contributed by atoms with E-state index in [1.807, 2.05) is 38.1 Å². The number of benzene rings is 2. The number of rotatable bonds is 7. The number of nitrogens with zero attached hydrogens (tertiary/aromatic N) is 1. The van der Waals surface area contributed by atoms with Crippen molar-refractivity contribution >= 4 is 21.6 Å². The molecule has 0 bridgehead atoms. The smallest absolute Gasteiger partial charge is 0.265 e. The third kappa shape index (κ3) is 4.83. The van der Waals surface area contributed by atoms with E-state index in [1.54, 1.807) is 12.1 Å². The van der Waals surface area contributed by atoms with Gasteiger partial charge >= 0.3 is 0 Å². The maximum atomic E-state index is 12.4. The minimum atomic E-state index is -3.49. The number of anilines is 1. The maximum absolute atomic E-state index is 12.4. The first-order valence-corrected chi connectivity index (χ1v) is 9.75. The van der Waals surface area contributed by atoms with E-state index in [0.717, 1.165) is 9.87 Å². The Labute approximate surface area is 154 Å². The zero-order valence-electron chi connectivity index (χ0n) is 15.4. The zero-order valence-corrected chi connectivity index (χ0v) is 16.2. The number of carbonyl (C=O) groups is 1. The molecule has 0 saturated heterocycles. The van der Waals surface area contributed by atoms with E-state index in [-0.39, 0.29) is 10.8 Å². The molecule has 26 heavy (non-hydrogen) atoms. The number of amides is 1. The fraction of sp³-hybridized carbons (Fsp3) is 0.316. The average molecular weight is 376 g/mol. The highest BCUT2D eigenvalue weighted by atomic mass is 32.2. The van der Waals surface area contributed by atoms with Gasteiger partial charge in [0.25, 0.3) is 5.91 Å². The van der Waals surface area contributed by atoms with Crippen molar-refractivity contribution in [1.29, 1.82) is 0 Å². The maximum Gasteiger partial charge on any atom is 0.265 e. The first-order valence-electron chi connectivity index (χ1n) is 8.31. The SMILES string of the molecule is CCC(Oc1ccc(C)cc1)C(=O)Nc1ccc(S(=O)(=O)N(C)C)cc1. The van der Waals surface area contributed by atoms with Crippen LogP contribution in [0.5, 0.6) is 5.75 Å². The summed E-state index contributed by atoms with van der Waals surface area (Å²) in [4.78, 5) is 12.6. The van der Waals surface area contributed by atoms with E-state index in [0.29, 0.717) is 17.9 Å². The van der Waals surface area contributed by atoms with Crippen LogP contribution in [0.25, 0.3) is 0 Å². The Bertz CT molecular complexity index is 844.